The molecule has 5 heteroatoms. The Morgan fingerprint density at radius 2 is 2.05 bits per heavy atom. The van der Waals surface area contributed by atoms with E-state index in [0.717, 1.165) is 6.42 Å². The van der Waals surface area contributed by atoms with Gasteiger partial charge in [0.2, 0.25) is 0 Å². The van der Waals surface area contributed by atoms with Gasteiger partial charge in [0.25, 0.3) is 5.91 Å². The van der Waals surface area contributed by atoms with Crippen LogP contribution < -0.4 is 14.8 Å². The van der Waals surface area contributed by atoms with Gasteiger partial charge in [-0.15, -0.1) is 0 Å². The predicted octanol–water partition coefficient (Wildman–Crippen LogP) is 2.37. The first-order chi connectivity index (χ1) is 9.99. The van der Waals surface area contributed by atoms with Crippen molar-refractivity contribution in [3.05, 3.63) is 23.8 Å². The lowest BCUT2D eigenvalue weighted by molar-refractivity contribution is 0.0885. The maximum absolute atomic E-state index is 12.4. The molecule has 5 nitrogen and oxygen atoms in total. The van der Waals surface area contributed by atoms with Crippen LogP contribution in [0.25, 0.3) is 0 Å². The summed E-state index contributed by atoms with van der Waals surface area (Å²) in [5, 5.41) is 12.1. The van der Waals surface area contributed by atoms with Crippen LogP contribution in [0.3, 0.4) is 0 Å². The van der Waals surface area contributed by atoms with Gasteiger partial charge in [0.05, 0.1) is 13.7 Å². The zero-order valence-corrected chi connectivity index (χ0v) is 13.2. The topological polar surface area (TPSA) is 67.8 Å². The second-order valence-electron chi connectivity index (χ2n) is 5.14. The lowest BCUT2D eigenvalue weighted by Gasteiger charge is -2.29. The van der Waals surface area contributed by atoms with Gasteiger partial charge in [-0.05, 0) is 44.9 Å². The molecule has 1 rings (SSSR count). The summed E-state index contributed by atoms with van der Waals surface area (Å²) in [6.45, 7) is 6.32. The van der Waals surface area contributed by atoms with Gasteiger partial charge in [-0.25, -0.2) is 0 Å². The lowest BCUT2D eigenvalue weighted by Crippen LogP contribution is -2.46. The molecule has 1 unspecified atom stereocenters. The van der Waals surface area contributed by atoms with E-state index in [-0.39, 0.29) is 12.5 Å². The fraction of sp³-hybridized carbons (Fsp3) is 0.562. The Balaban J connectivity index is 2.94. The van der Waals surface area contributed by atoms with E-state index in [1.165, 1.54) is 0 Å². The monoisotopic (exact) mass is 295 g/mol. The molecule has 1 aromatic carbocycles. The molecular weight excluding hydrogens is 270 g/mol. The fourth-order valence-electron chi connectivity index (χ4n) is 2.01. The highest BCUT2D eigenvalue weighted by atomic mass is 16.5. The number of carbonyl (C=O) groups excluding carboxylic acids is 1. The number of rotatable bonds is 8. The minimum Gasteiger partial charge on any atom is -0.493 e. The van der Waals surface area contributed by atoms with Crippen LogP contribution in [0.1, 0.15) is 44.0 Å². The van der Waals surface area contributed by atoms with Crippen LogP contribution in [0, 0.1) is 0 Å². The normalized spacial score (nSPS) is 13.4. The second kappa shape index (κ2) is 7.88. The Morgan fingerprint density at radius 3 is 2.57 bits per heavy atom. The summed E-state index contributed by atoms with van der Waals surface area (Å²) in [6, 6.07) is 5.09. The number of hydrogen-bond acceptors (Lipinski definition) is 4. The molecule has 0 saturated carbocycles. The molecule has 0 aliphatic carbocycles. The third-order valence-corrected chi connectivity index (χ3v) is 3.58. The first kappa shape index (κ1) is 17.3. The number of ether oxygens (including phenoxy) is 2. The highest BCUT2D eigenvalue weighted by Gasteiger charge is 2.24. The molecule has 0 heterocycles. The lowest BCUT2D eigenvalue weighted by atomic mass is 9.94. The molecule has 1 atom stereocenters. The molecule has 0 saturated heterocycles. The summed E-state index contributed by atoms with van der Waals surface area (Å²) in [5.74, 6) is 0.964. The zero-order valence-electron chi connectivity index (χ0n) is 13.2. The Kier molecular flexibility index (Phi) is 6.49. The van der Waals surface area contributed by atoms with Gasteiger partial charge in [0, 0.05) is 17.7 Å². The first-order valence-electron chi connectivity index (χ1n) is 7.23. The van der Waals surface area contributed by atoms with Gasteiger partial charge in [0.1, 0.15) is 0 Å². The van der Waals surface area contributed by atoms with Crippen molar-refractivity contribution >= 4 is 5.91 Å². The number of aliphatic hydroxyl groups excluding tert-OH is 1. The van der Waals surface area contributed by atoms with Crippen molar-refractivity contribution in [2.75, 3.05) is 20.3 Å². The average molecular weight is 295 g/mol. The van der Waals surface area contributed by atoms with Crippen molar-refractivity contribution in [2.24, 2.45) is 0 Å². The minimum absolute atomic E-state index is 0.0391. The molecule has 0 aliphatic heterocycles. The van der Waals surface area contributed by atoms with Crippen molar-refractivity contribution in [1.29, 1.82) is 0 Å². The van der Waals surface area contributed by atoms with E-state index in [1.54, 1.807) is 25.3 Å². The maximum Gasteiger partial charge on any atom is 0.251 e. The van der Waals surface area contributed by atoms with Crippen LogP contribution in [0.15, 0.2) is 18.2 Å². The number of aliphatic hydroxyl groups is 1. The number of hydrogen-bond donors (Lipinski definition) is 2. The molecule has 1 aromatic rings. The van der Waals surface area contributed by atoms with Gasteiger partial charge in [-0.2, -0.15) is 0 Å². The van der Waals surface area contributed by atoms with Gasteiger partial charge in [0.15, 0.2) is 11.5 Å². The van der Waals surface area contributed by atoms with Gasteiger partial charge < -0.3 is 19.9 Å². The van der Waals surface area contributed by atoms with Crippen molar-refractivity contribution in [3.8, 4) is 11.5 Å². The molecule has 0 bridgehead atoms. The quantitative estimate of drug-likeness (QED) is 0.772. The third kappa shape index (κ3) is 4.63. The molecule has 2 N–H and O–H groups in total. The van der Waals surface area contributed by atoms with E-state index in [4.69, 9.17) is 14.6 Å². The van der Waals surface area contributed by atoms with Crippen molar-refractivity contribution < 1.29 is 19.4 Å². The van der Waals surface area contributed by atoms with E-state index in [1.807, 2.05) is 20.8 Å². The van der Waals surface area contributed by atoms with Gasteiger partial charge in [-0.3, -0.25) is 4.79 Å². The third-order valence-electron chi connectivity index (χ3n) is 3.58. The van der Waals surface area contributed by atoms with Crippen LogP contribution in [0.4, 0.5) is 0 Å². The minimum atomic E-state index is -0.419. The Hall–Kier alpha value is -1.75. The summed E-state index contributed by atoms with van der Waals surface area (Å²) >= 11 is 0. The average Bonchev–Trinajstić information content (AvgIpc) is 2.47. The highest BCUT2D eigenvalue weighted by Crippen LogP contribution is 2.28. The number of benzene rings is 1. The molecular formula is C16H25NO4. The van der Waals surface area contributed by atoms with Crippen molar-refractivity contribution in [1.82, 2.24) is 5.32 Å². The number of nitrogens with one attached hydrogen (secondary N) is 1. The molecule has 0 aliphatic rings. The second-order valence-corrected chi connectivity index (χ2v) is 5.14. The number of methoxy groups -OCH3 is 1. The van der Waals surface area contributed by atoms with E-state index >= 15 is 0 Å². The van der Waals surface area contributed by atoms with E-state index in [0.29, 0.717) is 30.1 Å². The summed E-state index contributed by atoms with van der Waals surface area (Å²) in [5.41, 5.74) is 0.0919. The van der Waals surface area contributed by atoms with E-state index < -0.39 is 5.54 Å². The maximum atomic E-state index is 12.4. The number of amides is 1. The first-order valence-corrected chi connectivity index (χ1v) is 7.23. The predicted molar refractivity (Wildman–Crippen MR) is 82.0 cm³/mol. The van der Waals surface area contributed by atoms with Crippen LogP contribution >= 0.6 is 0 Å². The molecule has 118 valence electrons. The van der Waals surface area contributed by atoms with Crippen LogP contribution in [0.5, 0.6) is 11.5 Å². The zero-order chi connectivity index (χ0) is 15.9. The Bertz CT molecular complexity index is 475. The molecule has 0 aromatic heterocycles. The summed E-state index contributed by atoms with van der Waals surface area (Å²) in [7, 11) is 1.56. The smallest absolute Gasteiger partial charge is 0.251 e. The van der Waals surface area contributed by atoms with Crippen LogP contribution in [-0.2, 0) is 0 Å². The van der Waals surface area contributed by atoms with Crippen LogP contribution in [-0.4, -0.2) is 36.9 Å². The largest absolute Gasteiger partial charge is 0.493 e. The molecule has 0 fully saturated rings. The Morgan fingerprint density at radius 1 is 1.33 bits per heavy atom. The van der Waals surface area contributed by atoms with E-state index in [9.17, 15) is 4.79 Å². The summed E-state index contributed by atoms with van der Waals surface area (Å²) in [4.78, 5) is 12.4. The molecule has 1 amide bonds. The van der Waals surface area contributed by atoms with E-state index in [2.05, 4.69) is 5.32 Å². The summed E-state index contributed by atoms with van der Waals surface area (Å²) in [6.07, 6.45) is 1.26. The van der Waals surface area contributed by atoms with Crippen molar-refractivity contribution in [2.45, 2.75) is 39.2 Å². The van der Waals surface area contributed by atoms with Crippen molar-refractivity contribution in [3.63, 3.8) is 0 Å². The fourth-order valence-corrected chi connectivity index (χ4v) is 2.01. The summed E-state index contributed by atoms with van der Waals surface area (Å²) < 4.78 is 10.7. The van der Waals surface area contributed by atoms with Gasteiger partial charge in [-0.1, -0.05) is 6.92 Å². The van der Waals surface area contributed by atoms with Gasteiger partial charge >= 0.3 is 0 Å². The van der Waals surface area contributed by atoms with Crippen LogP contribution in [0.2, 0.25) is 0 Å². The molecule has 21 heavy (non-hydrogen) atoms. The highest BCUT2D eigenvalue weighted by molar-refractivity contribution is 5.95. The standard InChI is InChI=1S/C16H25NO4/c1-5-16(3,9-10-18)17-15(19)12-7-8-13(20-4)14(11-12)21-6-2/h7-8,11,18H,5-6,9-10H2,1-4H3,(H,17,19). The SMILES string of the molecule is CCOc1cc(C(=O)NC(C)(CC)CCO)ccc1OC. The Labute approximate surface area is 126 Å². The molecule has 0 radical (unpaired) electrons. The molecule has 0 spiro atoms. The number of carbonyl (C=O) groups is 1.